The number of carbonyl (C=O) groups is 1. The van der Waals surface area contributed by atoms with Crippen molar-refractivity contribution in [2.24, 2.45) is 0 Å². The molecule has 0 aliphatic heterocycles. The summed E-state index contributed by atoms with van der Waals surface area (Å²) in [6.45, 7) is 3.29. The molecule has 0 heterocycles. The summed E-state index contributed by atoms with van der Waals surface area (Å²) in [5.74, 6) is -0.0967. The van der Waals surface area contributed by atoms with Gasteiger partial charge in [-0.05, 0) is 37.6 Å². The van der Waals surface area contributed by atoms with Crippen LogP contribution in [0.15, 0.2) is 36.4 Å². The lowest BCUT2D eigenvalue weighted by Gasteiger charge is -2.16. The summed E-state index contributed by atoms with van der Waals surface area (Å²) in [5.41, 5.74) is 0.951. The summed E-state index contributed by atoms with van der Waals surface area (Å²) in [6, 6.07) is 8.87. The number of rotatable bonds is 5. The van der Waals surface area contributed by atoms with Gasteiger partial charge in [0, 0.05) is 22.2 Å². The van der Waals surface area contributed by atoms with Gasteiger partial charge in [0.15, 0.2) is 6.10 Å². The SMILES string of the molecule is Cc1ccc([N+](=O)[O-])cc1NC(=O)C(C)Oc1cc(Cl)cc(Cl)c1. The Morgan fingerprint density at radius 3 is 2.42 bits per heavy atom. The fourth-order valence-electron chi connectivity index (χ4n) is 1.95. The molecule has 0 aliphatic carbocycles. The summed E-state index contributed by atoms with van der Waals surface area (Å²) in [6.07, 6.45) is -0.849. The Morgan fingerprint density at radius 2 is 1.83 bits per heavy atom. The van der Waals surface area contributed by atoms with Crippen LogP contribution in [0.2, 0.25) is 10.0 Å². The van der Waals surface area contributed by atoms with Gasteiger partial charge in [0.2, 0.25) is 0 Å². The molecule has 0 spiro atoms. The molecule has 2 aromatic carbocycles. The van der Waals surface area contributed by atoms with Gasteiger partial charge in [-0.3, -0.25) is 14.9 Å². The van der Waals surface area contributed by atoms with Gasteiger partial charge in [-0.1, -0.05) is 29.3 Å². The summed E-state index contributed by atoms with van der Waals surface area (Å²) in [4.78, 5) is 22.6. The molecule has 2 rings (SSSR count). The first kappa shape index (κ1) is 18.0. The minimum atomic E-state index is -0.849. The Labute approximate surface area is 148 Å². The quantitative estimate of drug-likeness (QED) is 0.616. The Balaban J connectivity index is 2.11. The van der Waals surface area contributed by atoms with Crippen LogP contribution in [0.3, 0.4) is 0 Å². The number of hydrogen-bond acceptors (Lipinski definition) is 4. The molecule has 1 atom stereocenters. The van der Waals surface area contributed by atoms with Crippen LogP contribution in [0.4, 0.5) is 11.4 Å². The van der Waals surface area contributed by atoms with Crippen molar-refractivity contribution in [3.63, 3.8) is 0 Å². The summed E-state index contributed by atoms with van der Waals surface area (Å²) in [7, 11) is 0. The zero-order valence-electron chi connectivity index (χ0n) is 12.9. The average molecular weight is 369 g/mol. The van der Waals surface area contributed by atoms with E-state index in [1.54, 1.807) is 26.0 Å². The largest absolute Gasteiger partial charge is 0.481 e. The first-order chi connectivity index (χ1) is 11.3. The number of halogens is 2. The third-order valence-corrected chi connectivity index (χ3v) is 3.64. The molecule has 1 amide bonds. The Kier molecular flexibility index (Phi) is 5.64. The number of ether oxygens (including phenoxy) is 1. The highest BCUT2D eigenvalue weighted by molar-refractivity contribution is 6.34. The predicted octanol–water partition coefficient (Wildman–Crippen LogP) is 4.62. The molecule has 0 saturated heterocycles. The highest BCUT2D eigenvalue weighted by Crippen LogP contribution is 2.26. The van der Waals surface area contributed by atoms with E-state index in [-0.39, 0.29) is 5.69 Å². The number of hydrogen-bond donors (Lipinski definition) is 1. The van der Waals surface area contributed by atoms with Crippen LogP contribution < -0.4 is 10.1 Å². The number of non-ortho nitro benzene ring substituents is 1. The molecule has 0 aromatic heterocycles. The molecule has 0 aliphatic rings. The fraction of sp³-hybridized carbons (Fsp3) is 0.188. The van der Waals surface area contributed by atoms with Gasteiger partial charge in [0.25, 0.3) is 11.6 Å². The number of anilines is 1. The average Bonchev–Trinajstić information content (AvgIpc) is 2.48. The Bertz CT molecular complexity index is 775. The summed E-state index contributed by atoms with van der Waals surface area (Å²) >= 11 is 11.8. The predicted molar refractivity (Wildman–Crippen MR) is 93.0 cm³/mol. The Morgan fingerprint density at radius 1 is 1.21 bits per heavy atom. The van der Waals surface area contributed by atoms with E-state index in [0.29, 0.717) is 27.0 Å². The third-order valence-electron chi connectivity index (χ3n) is 3.21. The lowest BCUT2D eigenvalue weighted by molar-refractivity contribution is -0.384. The normalized spacial score (nSPS) is 11.7. The summed E-state index contributed by atoms with van der Waals surface area (Å²) in [5, 5.41) is 14.2. The second-order valence-corrected chi connectivity index (χ2v) is 5.98. The van der Waals surface area contributed by atoms with Crippen LogP contribution >= 0.6 is 23.2 Å². The Hall–Kier alpha value is -2.31. The van der Waals surface area contributed by atoms with Crippen LogP contribution in [0.25, 0.3) is 0 Å². The van der Waals surface area contributed by atoms with Crippen molar-refractivity contribution < 1.29 is 14.5 Å². The van der Waals surface area contributed by atoms with Crippen LogP contribution in [0.1, 0.15) is 12.5 Å². The van der Waals surface area contributed by atoms with Crippen LogP contribution in [0, 0.1) is 17.0 Å². The number of nitrogens with zero attached hydrogens (tertiary/aromatic N) is 1. The number of amides is 1. The molecular weight excluding hydrogens is 355 g/mol. The van der Waals surface area contributed by atoms with Crippen molar-refractivity contribution in [1.29, 1.82) is 0 Å². The van der Waals surface area contributed by atoms with E-state index < -0.39 is 16.9 Å². The van der Waals surface area contributed by atoms with E-state index in [1.807, 2.05) is 0 Å². The monoisotopic (exact) mass is 368 g/mol. The van der Waals surface area contributed by atoms with E-state index in [9.17, 15) is 14.9 Å². The first-order valence-electron chi connectivity index (χ1n) is 6.95. The maximum absolute atomic E-state index is 12.2. The fourth-order valence-corrected chi connectivity index (χ4v) is 2.45. The van der Waals surface area contributed by atoms with E-state index >= 15 is 0 Å². The zero-order valence-corrected chi connectivity index (χ0v) is 14.4. The minimum Gasteiger partial charge on any atom is -0.481 e. The molecule has 0 bridgehead atoms. The van der Waals surface area contributed by atoms with Gasteiger partial charge in [-0.15, -0.1) is 0 Å². The molecule has 24 heavy (non-hydrogen) atoms. The zero-order chi connectivity index (χ0) is 17.9. The van der Waals surface area contributed by atoms with Crippen molar-refractivity contribution in [3.05, 3.63) is 62.1 Å². The van der Waals surface area contributed by atoms with Crippen molar-refractivity contribution in [1.82, 2.24) is 0 Å². The number of carbonyl (C=O) groups excluding carboxylic acids is 1. The molecule has 1 unspecified atom stereocenters. The molecule has 0 fully saturated rings. The highest BCUT2D eigenvalue weighted by atomic mass is 35.5. The van der Waals surface area contributed by atoms with Crippen molar-refractivity contribution in [2.75, 3.05) is 5.32 Å². The van der Waals surface area contributed by atoms with Crippen LogP contribution in [-0.2, 0) is 4.79 Å². The molecule has 2 aromatic rings. The smallest absolute Gasteiger partial charge is 0.271 e. The number of nitro groups is 1. The van der Waals surface area contributed by atoms with Gasteiger partial charge in [0.1, 0.15) is 5.75 Å². The maximum Gasteiger partial charge on any atom is 0.271 e. The lowest BCUT2D eigenvalue weighted by Crippen LogP contribution is -2.30. The van der Waals surface area contributed by atoms with Gasteiger partial charge < -0.3 is 10.1 Å². The highest BCUT2D eigenvalue weighted by Gasteiger charge is 2.18. The minimum absolute atomic E-state index is 0.105. The van der Waals surface area contributed by atoms with Gasteiger partial charge in [-0.2, -0.15) is 0 Å². The van der Waals surface area contributed by atoms with Crippen molar-refractivity contribution in [3.8, 4) is 5.75 Å². The standard InChI is InChI=1S/C16H14Cl2N2O4/c1-9-3-4-13(20(22)23)8-15(9)19-16(21)10(2)24-14-6-11(17)5-12(18)7-14/h3-8,10H,1-2H3,(H,19,21). The molecular formula is C16H14Cl2N2O4. The number of benzene rings is 2. The second-order valence-electron chi connectivity index (χ2n) is 5.11. The van der Waals surface area contributed by atoms with Crippen molar-refractivity contribution >= 4 is 40.5 Å². The summed E-state index contributed by atoms with van der Waals surface area (Å²) < 4.78 is 5.51. The molecule has 126 valence electrons. The molecule has 0 saturated carbocycles. The van der Waals surface area contributed by atoms with E-state index in [4.69, 9.17) is 27.9 Å². The third kappa shape index (κ3) is 4.59. The van der Waals surface area contributed by atoms with Crippen LogP contribution in [0.5, 0.6) is 5.75 Å². The van der Waals surface area contributed by atoms with Gasteiger partial charge in [0.05, 0.1) is 10.6 Å². The molecule has 8 heteroatoms. The van der Waals surface area contributed by atoms with E-state index in [2.05, 4.69) is 5.32 Å². The topological polar surface area (TPSA) is 81.5 Å². The number of aryl methyl sites for hydroxylation is 1. The number of nitro benzene ring substituents is 1. The molecule has 1 N–H and O–H groups in total. The van der Waals surface area contributed by atoms with Gasteiger partial charge in [-0.25, -0.2) is 0 Å². The maximum atomic E-state index is 12.2. The van der Waals surface area contributed by atoms with Crippen LogP contribution in [-0.4, -0.2) is 16.9 Å². The van der Waals surface area contributed by atoms with Crippen molar-refractivity contribution in [2.45, 2.75) is 20.0 Å². The van der Waals surface area contributed by atoms with E-state index in [1.165, 1.54) is 24.3 Å². The molecule has 6 nitrogen and oxygen atoms in total. The molecule has 0 radical (unpaired) electrons. The van der Waals surface area contributed by atoms with Gasteiger partial charge >= 0.3 is 0 Å². The lowest BCUT2D eigenvalue weighted by atomic mass is 10.1. The first-order valence-corrected chi connectivity index (χ1v) is 7.70. The second kappa shape index (κ2) is 7.51. The van der Waals surface area contributed by atoms with E-state index in [0.717, 1.165) is 0 Å². The number of nitrogens with one attached hydrogen (secondary N) is 1.